The van der Waals surface area contributed by atoms with Crippen molar-refractivity contribution in [2.75, 3.05) is 31.6 Å². The lowest BCUT2D eigenvalue weighted by Crippen LogP contribution is -2.63. The lowest BCUT2D eigenvalue weighted by molar-refractivity contribution is -0.167. The van der Waals surface area contributed by atoms with E-state index in [4.69, 9.17) is 12.6 Å². The van der Waals surface area contributed by atoms with Crippen molar-refractivity contribution >= 4 is 36.7 Å². The van der Waals surface area contributed by atoms with Crippen LogP contribution in [-0.2, 0) is 34.0 Å². The number of phenols is 2. The van der Waals surface area contributed by atoms with Gasteiger partial charge in [-0.15, -0.1) is 0 Å². The summed E-state index contributed by atoms with van der Waals surface area (Å²) in [6.45, 7) is 1.87. The Kier molecular flexibility index (Phi) is 6.76. The molecule has 3 aliphatic rings. The number of rotatable bonds is 6. The SMILES string of the molecule is [B]c1c(O)c(CNc2cccc3c2CN(C2(O)CCC(=O)NC2=O)C3=O)c(F)c(O)c1CN1CCOCC1. The van der Waals surface area contributed by atoms with Crippen molar-refractivity contribution in [3.05, 3.63) is 46.3 Å². The van der Waals surface area contributed by atoms with Gasteiger partial charge in [-0.2, -0.15) is 0 Å². The molecule has 3 amide bonds. The number of anilines is 1. The summed E-state index contributed by atoms with van der Waals surface area (Å²) in [5.41, 5.74) is -1.44. The molecule has 3 heterocycles. The molecule has 2 aromatic rings. The number of halogens is 1. The number of morpholine rings is 1. The normalized spacial score (nSPS) is 21.9. The third-order valence-corrected chi connectivity index (χ3v) is 7.30. The molecule has 5 N–H and O–H groups in total. The van der Waals surface area contributed by atoms with Crippen LogP contribution >= 0.6 is 0 Å². The Bertz CT molecular complexity index is 1300. The number of ether oxygens (including phenoxy) is 1. The first-order valence-corrected chi connectivity index (χ1v) is 12.2. The summed E-state index contributed by atoms with van der Waals surface area (Å²) in [6.07, 6.45) is -0.368. The van der Waals surface area contributed by atoms with Crippen LogP contribution in [-0.4, -0.2) is 82.7 Å². The highest BCUT2D eigenvalue weighted by molar-refractivity contribution is 6.35. The molecule has 2 radical (unpaired) electrons. The molecule has 1 unspecified atom stereocenters. The minimum atomic E-state index is -2.19. The Hall–Kier alpha value is -3.68. The van der Waals surface area contributed by atoms with Crippen LogP contribution in [0.2, 0.25) is 0 Å². The molecule has 0 aromatic heterocycles. The average molecular weight is 524 g/mol. The van der Waals surface area contributed by atoms with Gasteiger partial charge in [0, 0.05) is 61.4 Å². The number of hydrogen-bond acceptors (Lipinski definition) is 9. The van der Waals surface area contributed by atoms with Gasteiger partial charge in [-0.25, -0.2) is 4.39 Å². The van der Waals surface area contributed by atoms with E-state index in [1.165, 1.54) is 6.07 Å². The van der Waals surface area contributed by atoms with Gasteiger partial charge in [0.1, 0.15) is 13.6 Å². The molecule has 0 spiro atoms. The molecule has 0 bridgehead atoms. The molecular weight excluding hydrogens is 498 g/mol. The number of nitrogens with zero attached hydrogens (tertiary/aromatic N) is 2. The molecule has 0 aliphatic carbocycles. The maximum Gasteiger partial charge on any atom is 0.279 e. The molecule has 198 valence electrons. The second kappa shape index (κ2) is 9.89. The van der Waals surface area contributed by atoms with Crippen LogP contribution in [0.4, 0.5) is 10.1 Å². The molecule has 5 rings (SSSR count). The lowest BCUT2D eigenvalue weighted by atomic mass is 9.86. The fourth-order valence-corrected chi connectivity index (χ4v) is 5.05. The number of fused-ring (bicyclic) bond motifs is 1. The van der Waals surface area contributed by atoms with E-state index in [9.17, 15) is 29.7 Å². The Labute approximate surface area is 218 Å². The maximum absolute atomic E-state index is 15.2. The second-order valence-electron chi connectivity index (χ2n) is 9.54. The van der Waals surface area contributed by atoms with Gasteiger partial charge < -0.3 is 25.4 Å². The molecule has 3 aliphatic heterocycles. The van der Waals surface area contributed by atoms with Crippen LogP contribution in [0.3, 0.4) is 0 Å². The van der Waals surface area contributed by atoms with Crippen LogP contribution in [0.1, 0.15) is 39.9 Å². The summed E-state index contributed by atoms with van der Waals surface area (Å²) in [5.74, 6) is -4.27. The van der Waals surface area contributed by atoms with Gasteiger partial charge in [-0.05, 0) is 17.6 Å². The number of nitrogens with one attached hydrogen (secondary N) is 2. The van der Waals surface area contributed by atoms with Gasteiger partial charge in [0.2, 0.25) is 11.6 Å². The first-order valence-electron chi connectivity index (χ1n) is 12.2. The van der Waals surface area contributed by atoms with Gasteiger partial charge >= 0.3 is 0 Å². The third kappa shape index (κ3) is 4.36. The van der Waals surface area contributed by atoms with E-state index < -0.39 is 40.8 Å². The zero-order valence-corrected chi connectivity index (χ0v) is 20.4. The number of hydrogen-bond donors (Lipinski definition) is 5. The zero-order chi connectivity index (χ0) is 27.2. The van der Waals surface area contributed by atoms with E-state index in [0.717, 1.165) is 4.90 Å². The quantitative estimate of drug-likeness (QED) is 0.192. The molecule has 0 saturated carbocycles. The Balaban J connectivity index is 1.37. The molecule has 2 aromatic carbocycles. The summed E-state index contributed by atoms with van der Waals surface area (Å²) < 4.78 is 20.5. The standard InChI is InChI=1S/C25H26BFN4O7/c26-19-16(11-30-6-8-38-9-7-30)22(34)20(27)14(21(19)33)10-28-17-3-1-2-13-15(17)12-31(23(13)35)25(37)5-4-18(32)29-24(25)36/h1-3,28,33-34,37H,4-12H2,(H,29,32,36). The van der Waals surface area contributed by atoms with E-state index in [1.807, 2.05) is 4.90 Å². The van der Waals surface area contributed by atoms with E-state index >= 15 is 4.39 Å². The van der Waals surface area contributed by atoms with Crippen LogP contribution in [0.25, 0.3) is 0 Å². The van der Waals surface area contributed by atoms with Gasteiger partial charge in [-0.3, -0.25) is 29.5 Å². The molecule has 13 heteroatoms. The summed E-state index contributed by atoms with van der Waals surface area (Å²) >= 11 is 0. The van der Waals surface area contributed by atoms with Gasteiger partial charge in [0.05, 0.1) is 25.3 Å². The van der Waals surface area contributed by atoms with Crippen molar-refractivity contribution in [1.82, 2.24) is 15.1 Å². The highest BCUT2D eigenvalue weighted by Gasteiger charge is 2.51. The van der Waals surface area contributed by atoms with E-state index in [2.05, 4.69) is 10.6 Å². The van der Waals surface area contributed by atoms with Crippen molar-refractivity contribution in [2.24, 2.45) is 0 Å². The van der Waals surface area contributed by atoms with Crippen molar-refractivity contribution in [3.8, 4) is 11.5 Å². The van der Waals surface area contributed by atoms with Crippen LogP contribution in [0.15, 0.2) is 18.2 Å². The predicted octanol–water partition coefficient (Wildman–Crippen LogP) is -0.444. The minimum Gasteiger partial charge on any atom is -0.508 e. The van der Waals surface area contributed by atoms with Crippen molar-refractivity contribution in [1.29, 1.82) is 0 Å². The molecule has 38 heavy (non-hydrogen) atoms. The van der Waals surface area contributed by atoms with Gasteiger partial charge in [0.15, 0.2) is 11.6 Å². The number of piperidine rings is 1. The predicted molar refractivity (Wildman–Crippen MR) is 132 cm³/mol. The number of carbonyl (C=O) groups excluding carboxylic acids is 3. The number of imide groups is 1. The first kappa shape index (κ1) is 26.0. The number of benzene rings is 2. The van der Waals surface area contributed by atoms with Crippen LogP contribution < -0.4 is 16.1 Å². The lowest BCUT2D eigenvalue weighted by Gasteiger charge is -2.37. The molecule has 1 atom stereocenters. The Morgan fingerprint density at radius 1 is 1.13 bits per heavy atom. The summed E-state index contributed by atoms with van der Waals surface area (Å²) in [6, 6.07) is 4.72. The van der Waals surface area contributed by atoms with Crippen molar-refractivity contribution < 1.29 is 38.8 Å². The van der Waals surface area contributed by atoms with Crippen LogP contribution in [0.5, 0.6) is 11.5 Å². The van der Waals surface area contributed by atoms with Crippen LogP contribution in [0, 0.1) is 5.82 Å². The highest BCUT2D eigenvalue weighted by atomic mass is 19.1. The summed E-state index contributed by atoms with van der Waals surface area (Å²) in [7, 11) is 6.08. The first-order chi connectivity index (χ1) is 18.1. The van der Waals surface area contributed by atoms with Gasteiger partial charge in [-0.1, -0.05) is 6.07 Å². The monoisotopic (exact) mass is 524 g/mol. The number of phenolic OH excluding ortho intramolecular Hbond substituents is 2. The largest absolute Gasteiger partial charge is 0.508 e. The fraction of sp³-hybridized carbons (Fsp3) is 0.400. The average Bonchev–Trinajstić information content (AvgIpc) is 3.26. The molecule has 2 fully saturated rings. The zero-order valence-electron chi connectivity index (χ0n) is 20.4. The van der Waals surface area contributed by atoms with Crippen molar-refractivity contribution in [2.45, 2.75) is 38.2 Å². The summed E-state index contributed by atoms with van der Waals surface area (Å²) in [4.78, 5) is 39.9. The number of aromatic hydroxyl groups is 2. The van der Waals surface area contributed by atoms with Crippen molar-refractivity contribution in [3.63, 3.8) is 0 Å². The topological polar surface area (TPSA) is 152 Å². The highest BCUT2D eigenvalue weighted by Crippen LogP contribution is 2.37. The Morgan fingerprint density at radius 3 is 2.58 bits per heavy atom. The van der Waals surface area contributed by atoms with Gasteiger partial charge in [0.25, 0.3) is 11.8 Å². The fourth-order valence-electron chi connectivity index (χ4n) is 5.05. The minimum absolute atomic E-state index is 0.0879. The third-order valence-electron chi connectivity index (χ3n) is 7.30. The van der Waals surface area contributed by atoms with E-state index in [-0.39, 0.29) is 54.6 Å². The smallest absolute Gasteiger partial charge is 0.279 e. The Morgan fingerprint density at radius 2 is 1.87 bits per heavy atom. The summed E-state index contributed by atoms with van der Waals surface area (Å²) in [5, 5.41) is 37.2. The molecular formula is C25H26BFN4O7. The second-order valence-corrected chi connectivity index (χ2v) is 9.54. The number of amides is 3. The molecule has 2 saturated heterocycles. The van der Waals surface area contributed by atoms with E-state index in [0.29, 0.717) is 37.6 Å². The number of aliphatic hydroxyl groups is 1. The molecule has 11 nitrogen and oxygen atoms in total. The number of carbonyl (C=O) groups is 3. The van der Waals surface area contributed by atoms with E-state index in [1.54, 1.807) is 12.1 Å². The maximum atomic E-state index is 15.2.